The summed E-state index contributed by atoms with van der Waals surface area (Å²) < 4.78 is 0. The van der Waals surface area contributed by atoms with Crippen LogP contribution in [0.4, 0.5) is 0 Å². The van der Waals surface area contributed by atoms with E-state index in [1.165, 1.54) is 51.4 Å². The highest BCUT2D eigenvalue weighted by molar-refractivity contribution is 5.25. The van der Waals surface area contributed by atoms with Crippen LogP contribution in [-0.4, -0.2) is 11.2 Å². The van der Waals surface area contributed by atoms with E-state index in [0.29, 0.717) is 10.8 Å². The first kappa shape index (κ1) is 20.0. The molecule has 0 aromatic heterocycles. The summed E-state index contributed by atoms with van der Waals surface area (Å²) in [7, 11) is 0. The second-order valence-corrected chi connectivity index (χ2v) is 11.8. The molecule has 1 heteroatoms. The lowest BCUT2D eigenvalue weighted by atomic mass is 9.47. The van der Waals surface area contributed by atoms with E-state index in [0.717, 1.165) is 48.3 Å². The van der Waals surface area contributed by atoms with Crippen LogP contribution in [0, 0.1) is 46.3 Å². The topological polar surface area (TPSA) is 20.2 Å². The van der Waals surface area contributed by atoms with Gasteiger partial charge in [-0.25, -0.2) is 0 Å². The van der Waals surface area contributed by atoms with Gasteiger partial charge in [-0.05, 0) is 97.7 Å². The molecule has 0 aromatic carbocycles. The highest BCUT2D eigenvalue weighted by Gasteiger charge is 2.59. The van der Waals surface area contributed by atoms with Crippen molar-refractivity contribution < 1.29 is 5.11 Å². The van der Waals surface area contributed by atoms with Crippen LogP contribution >= 0.6 is 0 Å². The first-order valence-electron chi connectivity index (χ1n) is 12.1. The minimum absolute atomic E-state index is 0.0765. The van der Waals surface area contributed by atoms with Crippen LogP contribution < -0.4 is 0 Å². The van der Waals surface area contributed by atoms with Gasteiger partial charge < -0.3 is 5.11 Å². The quantitative estimate of drug-likeness (QED) is 0.527. The molecule has 4 aliphatic rings. The van der Waals surface area contributed by atoms with E-state index in [1.807, 2.05) is 0 Å². The maximum atomic E-state index is 10.2. The van der Waals surface area contributed by atoms with Crippen LogP contribution in [0.2, 0.25) is 0 Å². The summed E-state index contributed by atoms with van der Waals surface area (Å²) >= 11 is 0. The van der Waals surface area contributed by atoms with Gasteiger partial charge in [0.25, 0.3) is 0 Å². The van der Waals surface area contributed by atoms with Gasteiger partial charge in [0.05, 0.1) is 6.10 Å². The van der Waals surface area contributed by atoms with Crippen molar-refractivity contribution in [2.75, 3.05) is 0 Å². The van der Waals surface area contributed by atoms with Gasteiger partial charge in [-0.2, -0.15) is 0 Å². The number of allylic oxidation sites excluding steroid dienone is 1. The fourth-order valence-corrected chi connectivity index (χ4v) is 8.41. The number of hydrogen-bond acceptors (Lipinski definition) is 1. The van der Waals surface area contributed by atoms with E-state index in [2.05, 4.69) is 40.7 Å². The van der Waals surface area contributed by atoms with Crippen molar-refractivity contribution in [3.63, 3.8) is 0 Å². The Hall–Kier alpha value is -0.300. The Morgan fingerprint density at radius 3 is 2.52 bits per heavy atom. The standard InChI is InChI=1S/C26H44O/c1-17(2)6-7-18(3)22-10-11-23-21-9-8-19-16-20(27)12-14-25(19,4)24(21)13-15-26(22,23)5/h8,17-18,20-24,27H,6-7,9-16H2,1-5H3/t18-,20?,21+,22-,23+,24+,25+,26-/m1/s1. The molecule has 0 saturated heterocycles. The van der Waals surface area contributed by atoms with Crippen LogP contribution in [0.25, 0.3) is 0 Å². The number of rotatable bonds is 4. The Morgan fingerprint density at radius 1 is 1.00 bits per heavy atom. The molecular formula is C26H44O. The van der Waals surface area contributed by atoms with Gasteiger partial charge in [0, 0.05) is 0 Å². The Balaban J connectivity index is 1.53. The molecular weight excluding hydrogens is 328 g/mol. The molecule has 3 fully saturated rings. The molecule has 0 bridgehead atoms. The van der Waals surface area contributed by atoms with Crippen molar-refractivity contribution >= 4 is 0 Å². The maximum absolute atomic E-state index is 10.2. The summed E-state index contributed by atoms with van der Waals surface area (Å²) in [6, 6.07) is 0. The smallest absolute Gasteiger partial charge is 0.0577 e. The van der Waals surface area contributed by atoms with Crippen LogP contribution in [0.15, 0.2) is 11.6 Å². The molecule has 3 saturated carbocycles. The monoisotopic (exact) mass is 372 g/mol. The van der Waals surface area contributed by atoms with Crippen molar-refractivity contribution in [1.82, 2.24) is 0 Å². The Labute approximate surface area is 168 Å². The van der Waals surface area contributed by atoms with E-state index in [4.69, 9.17) is 0 Å². The summed E-state index contributed by atoms with van der Waals surface area (Å²) in [5, 5.41) is 10.2. The molecule has 27 heavy (non-hydrogen) atoms. The second kappa shape index (κ2) is 7.19. The van der Waals surface area contributed by atoms with Crippen LogP contribution in [0.5, 0.6) is 0 Å². The van der Waals surface area contributed by atoms with Crippen LogP contribution in [-0.2, 0) is 0 Å². The minimum atomic E-state index is -0.0765. The van der Waals surface area contributed by atoms with Gasteiger partial charge in [0.2, 0.25) is 0 Å². The fourth-order valence-electron chi connectivity index (χ4n) is 8.41. The summed E-state index contributed by atoms with van der Waals surface area (Å²) in [5.74, 6) is 5.44. The molecule has 4 aliphatic carbocycles. The van der Waals surface area contributed by atoms with Gasteiger partial charge in [-0.15, -0.1) is 0 Å². The predicted molar refractivity (Wildman–Crippen MR) is 114 cm³/mol. The minimum Gasteiger partial charge on any atom is -0.393 e. The van der Waals surface area contributed by atoms with Gasteiger partial charge in [0.1, 0.15) is 0 Å². The molecule has 1 unspecified atom stereocenters. The van der Waals surface area contributed by atoms with Gasteiger partial charge in [-0.1, -0.05) is 59.1 Å². The van der Waals surface area contributed by atoms with E-state index in [1.54, 1.807) is 5.57 Å². The summed E-state index contributed by atoms with van der Waals surface area (Å²) in [4.78, 5) is 0. The van der Waals surface area contributed by atoms with E-state index < -0.39 is 0 Å². The predicted octanol–water partition coefficient (Wildman–Crippen LogP) is 7.00. The second-order valence-electron chi connectivity index (χ2n) is 11.8. The third-order valence-corrected chi connectivity index (χ3v) is 10.0. The molecule has 0 heterocycles. The zero-order valence-electron chi connectivity index (χ0n) is 18.6. The number of hydrogen-bond donors (Lipinski definition) is 1. The van der Waals surface area contributed by atoms with Gasteiger partial charge in [-0.3, -0.25) is 0 Å². The molecule has 0 radical (unpaired) electrons. The lowest BCUT2D eigenvalue weighted by molar-refractivity contribution is -0.0574. The molecule has 0 aromatic rings. The Morgan fingerprint density at radius 2 is 1.78 bits per heavy atom. The largest absolute Gasteiger partial charge is 0.393 e. The lowest BCUT2D eigenvalue weighted by Crippen LogP contribution is -2.50. The zero-order valence-corrected chi connectivity index (χ0v) is 18.6. The third-order valence-electron chi connectivity index (χ3n) is 10.0. The summed E-state index contributed by atoms with van der Waals surface area (Å²) in [5.41, 5.74) is 2.60. The maximum Gasteiger partial charge on any atom is 0.0577 e. The van der Waals surface area contributed by atoms with Crippen molar-refractivity contribution in [3.05, 3.63) is 11.6 Å². The summed E-state index contributed by atoms with van der Waals surface area (Å²) in [6.07, 6.45) is 15.7. The van der Waals surface area contributed by atoms with Crippen molar-refractivity contribution in [3.8, 4) is 0 Å². The normalized spacial score (nSPS) is 47.8. The molecule has 4 rings (SSSR count). The number of aliphatic hydroxyl groups excluding tert-OH is 1. The van der Waals surface area contributed by atoms with E-state index in [-0.39, 0.29) is 6.10 Å². The summed E-state index contributed by atoms with van der Waals surface area (Å²) in [6.45, 7) is 12.6. The van der Waals surface area contributed by atoms with Crippen molar-refractivity contribution in [2.24, 2.45) is 46.3 Å². The van der Waals surface area contributed by atoms with Gasteiger partial charge in [0.15, 0.2) is 0 Å². The van der Waals surface area contributed by atoms with Gasteiger partial charge >= 0.3 is 0 Å². The number of fused-ring (bicyclic) bond motifs is 5. The molecule has 0 aliphatic heterocycles. The Bertz CT molecular complexity index is 577. The Kier molecular flexibility index (Phi) is 5.32. The lowest BCUT2D eigenvalue weighted by Gasteiger charge is -2.58. The van der Waals surface area contributed by atoms with Crippen molar-refractivity contribution in [2.45, 2.75) is 105 Å². The molecule has 0 spiro atoms. The average Bonchev–Trinajstić information content (AvgIpc) is 2.97. The molecule has 8 atom stereocenters. The van der Waals surface area contributed by atoms with E-state index >= 15 is 0 Å². The van der Waals surface area contributed by atoms with Crippen molar-refractivity contribution in [1.29, 1.82) is 0 Å². The highest BCUT2D eigenvalue weighted by Crippen LogP contribution is 2.67. The number of aliphatic hydroxyl groups is 1. The average molecular weight is 373 g/mol. The molecule has 1 nitrogen and oxygen atoms in total. The highest BCUT2D eigenvalue weighted by atomic mass is 16.3. The fraction of sp³-hybridized carbons (Fsp3) is 0.923. The zero-order chi connectivity index (χ0) is 19.4. The first-order valence-corrected chi connectivity index (χ1v) is 12.1. The van der Waals surface area contributed by atoms with Crippen LogP contribution in [0.1, 0.15) is 98.8 Å². The molecule has 0 amide bonds. The van der Waals surface area contributed by atoms with Crippen LogP contribution in [0.3, 0.4) is 0 Å². The SMILES string of the molecule is CC(C)CC[C@@H](C)[C@H]1CC[C@H]2[C@@H]3CC=C4CC(O)CC[C@]4(C)[C@H]3CC[C@]12C. The third kappa shape index (κ3) is 3.24. The first-order chi connectivity index (χ1) is 12.8. The molecule has 154 valence electrons. The molecule has 1 N–H and O–H groups in total. The van der Waals surface area contributed by atoms with E-state index in [9.17, 15) is 5.11 Å².